The van der Waals surface area contributed by atoms with Gasteiger partial charge in [0.2, 0.25) is 5.89 Å². The predicted octanol–water partition coefficient (Wildman–Crippen LogP) is 5.67. The molecule has 110 valence electrons. The molecule has 4 aromatic rings. The summed E-state index contributed by atoms with van der Waals surface area (Å²) in [6, 6.07) is 26.5. The molecule has 1 heterocycles. The molecule has 0 N–H and O–H groups in total. The van der Waals surface area contributed by atoms with Crippen LogP contribution in [0.3, 0.4) is 0 Å². The molecule has 23 heavy (non-hydrogen) atoms. The minimum absolute atomic E-state index is 0.620. The van der Waals surface area contributed by atoms with Crippen LogP contribution in [0.1, 0.15) is 11.5 Å². The van der Waals surface area contributed by atoms with Gasteiger partial charge < -0.3 is 4.42 Å². The maximum Gasteiger partial charge on any atom is 0.220 e. The average molecular weight is 297 g/mol. The molecule has 4 rings (SSSR count). The SMILES string of the molecule is C(=Cc1nc2cc(-c3ccccc3)ccc2o1)c1ccccc1. The molecule has 0 radical (unpaired) electrons. The minimum atomic E-state index is 0.620. The Morgan fingerprint density at radius 2 is 1.43 bits per heavy atom. The van der Waals surface area contributed by atoms with E-state index in [9.17, 15) is 0 Å². The molecule has 0 unspecified atom stereocenters. The third-order valence-electron chi connectivity index (χ3n) is 3.73. The molecule has 1 aromatic heterocycles. The van der Waals surface area contributed by atoms with E-state index >= 15 is 0 Å². The van der Waals surface area contributed by atoms with E-state index in [1.165, 1.54) is 5.56 Å². The number of benzene rings is 3. The molecular formula is C21H15NO. The summed E-state index contributed by atoms with van der Waals surface area (Å²) < 4.78 is 5.78. The third-order valence-corrected chi connectivity index (χ3v) is 3.73. The molecule has 0 aliphatic carbocycles. The van der Waals surface area contributed by atoms with Crippen molar-refractivity contribution in [3.05, 3.63) is 90.3 Å². The molecule has 0 aliphatic rings. The van der Waals surface area contributed by atoms with Gasteiger partial charge in [0.15, 0.2) is 5.58 Å². The van der Waals surface area contributed by atoms with Gasteiger partial charge in [-0.3, -0.25) is 0 Å². The monoisotopic (exact) mass is 297 g/mol. The number of aromatic nitrogens is 1. The van der Waals surface area contributed by atoms with Gasteiger partial charge in [-0.15, -0.1) is 0 Å². The minimum Gasteiger partial charge on any atom is -0.437 e. The fourth-order valence-corrected chi connectivity index (χ4v) is 2.56. The Hall–Kier alpha value is -3.13. The van der Waals surface area contributed by atoms with E-state index in [4.69, 9.17) is 4.42 Å². The zero-order chi connectivity index (χ0) is 15.5. The topological polar surface area (TPSA) is 26.0 Å². The lowest BCUT2D eigenvalue weighted by atomic mass is 10.1. The van der Waals surface area contributed by atoms with Crippen molar-refractivity contribution >= 4 is 23.3 Å². The molecule has 0 bridgehead atoms. The summed E-state index contributed by atoms with van der Waals surface area (Å²) in [6.07, 6.45) is 3.90. The molecule has 0 aliphatic heterocycles. The average Bonchev–Trinajstić information content (AvgIpc) is 3.04. The van der Waals surface area contributed by atoms with E-state index in [0.717, 1.165) is 22.2 Å². The highest BCUT2D eigenvalue weighted by Gasteiger charge is 2.05. The molecule has 2 heteroatoms. The first-order valence-corrected chi connectivity index (χ1v) is 7.58. The van der Waals surface area contributed by atoms with Crippen molar-refractivity contribution < 1.29 is 4.42 Å². The summed E-state index contributed by atoms with van der Waals surface area (Å²) in [4.78, 5) is 4.56. The smallest absolute Gasteiger partial charge is 0.220 e. The number of hydrogen-bond acceptors (Lipinski definition) is 2. The maximum absolute atomic E-state index is 5.78. The highest BCUT2D eigenvalue weighted by atomic mass is 16.3. The second-order valence-electron chi connectivity index (χ2n) is 5.34. The van der Waals surface area contributed by atoms with Crippen LogP contribution in [-0.4, -0.2) is 4.98 Å². The van der Waals surface area contributed by atoms with Crippen molar-refractivity contribution in [3.8, 4) is 11.1 Å². The van der Waals surface area contributed by atoms with E-state index in [1.807, 2.05) is 66.7 Å². The van der Waals surface area contributed by atoms with Crippen LogP contribution in [0.2, 0.25) is 0 Å². The number of rotatable bonds is 3. The van der Waals surface area contributed by atoms with Crippen LogP contribution in [0, 0.1) is 0 Å². The van der Waals surface area contributed by atoms with Gasteiger partial charge in [-0.2, -0.15) is 0 Å². The lowest BCUT2D eigenvalue weighted by molar-refractivity contribution is 0.590. The van der Waals surface area contributed by atoms with E-state index < -0.39 is 0 Å². The highest BCUT2D eigenvalue weighted by molar-refractivity contribution is 5.82. The van der Waals surface area contributed by atoms with Gasteiger partial charge in [0.25, 0.3) is 0 Å². The van der Waals surface area contributed by atoms with Gasteiger partial charge in [-0.05, 0) is 34.9 Å². The normalized spacial score (nSPS) is 11.3. The molecule has 0 fully saturated rings. The largest absolute Gasteiger partial charge is 0.437 e. The van der Waals surface area contributed by atoms with E-state index in [1.54, 1.807) is 0 Å². The zero-order valence-corrected chi connectivity index (χ0v) is 12.5. The van der Waals surface area contributed by atoms with E-state index in [-0.39, 0.29) is 0 Å². The molecule has 0 spiro atoms. The van der Waals surface area contributed by atoms with Gasteiger partial charge in [-0.25, -0.2) is 4.98 Å². The Kier molecular flexibility index (Phi) is 3.49. The molecule has 0 saturated carbocycles. The fourth-order valence-electron chi connectivity index (χ4n) is 2.56. The molecule has 0 amide bonds. The fraction of sp³-hybridized carbons (Fsp3) is 0. The van der Waals surface area contributed by atoms with Gasteiger partial charge in [0.05, 0.1) is 0 Å². The lowest BCUT2D eigenvalue weighted by Crippen LogP contribution is -1.77. The van der Waals surface area contributed by atoms with Crippen molar-refractivity contribution in [2.24, 2.45) is 0 Å². The van der Waals surface area contributed by atoms with Gasteiger partial charge in [0.1, 0.15) is 5.52 Å². The van der Waals surface area contributed by atoms with Crippen molar-refractivity contribution in [2.75, 3.05) is 0 Å². The van der Waals surface area contributed by atoms with Crippen LogP contribution in [0.5, 0.6) is 0 Å². The van der Waals surface area contributed by atoms with Crippen LogP contribution in [-0.2, 0) is 0 Å². The van der Waals surface area contributed by atoms with Crippen molar-refractivity contribution in [2.45, 2.75) is 0 Å². The highest BCUT2D eigenvalue weighted by Crippen LogP contribution is 2.25. The Labute approximate surface area is 134 Å². The Morgan fingerprint density at radius 3 is 2.22 bits per heavy atom. The summed E-state index contributed by atoms with van der Waals surface area (Å²) in [5.41, 5.74) is 5.12. The summed E-state index contributed by atoms with van der Waals surface area (Å²) in [5.74, 6) is 0.620. The number of oxazole rings is 1. The van der Waals surface area contributed by atoms with Crippen molar-refractivity contribution in [1.82, 2.24) is 4.98 Å². The third kappa shape index (κ3) is 2.92. The van der Waals surface area contributed by atoms with E-state index in [0.29, 0.717) is 5.89 Å². The molecule has 0 atom stereocenters. The molecular weight excluding hydrogens is 282 g/mol. The lowest BCUT2D eigenvalue weighted by Gasteiger charge is -1.99. The molecule has 2 nitrogen and oxygen atoms in total. The number of nitrogens with zero attached hydrogens (tertiary/aromatic N) is 1. The van der Waals surface area contributed by atoms with Crippen LogP contribution in [0.15, 0.2) is 83.3 Å². The van der Waals surface area contributed by atoms with E-state index in [2.05, 4.69) is 29.2 Å². The summed E-state index contributed by atoms with van der Waals surface area (Å²) in [5, 5.41) is 0. The summed E-state index contributed by atoms with van der Waals surface area (Å²) >= 11 is 0. The first-order chi connectivity index (χ1) is 11.4. The number of fused-ring (bicyclic) bond motifs is 1. The van der Waals surface area contributed by atoms with Gasteiger partial charge in [0, 0.05) is 6.08 Å². The first kappa shape index (κ1) is 13.5. The maximum atomic E-state index is 5.78. The second kappa shape index (κ2) is 5.93. The quantitative estimate of drug-likeness (QED) is 0.487. The number of hydrogen-bond donors (Lipinski definition) is 0. The Morgan fingerprint density at radius 1 is 0.696 bits per heavy atom. The van der Waals surface area contributed by atoms with Crippen LogP contribution < -0.4 is 0 Å². The van der Waals surface area contributed by atoms with Crippen LogP contribution in [0.4, 0.5) is 0 Å². The second-order valence-corrected chi connectivity index (χ2v) is 5.34. The summed E-state index contributed by atoms with van der Waals surface area (Å²) in [6.45, 7) is 0. The standard InChI is InChI=1S/C21H15NO/c1-3-7-16(8-4-1)11-14-21-22-19-15-18(12-13-20(19)23-21)17-9-5-2-6-10-17/h1-15H. The predicted molar refractivity (Wildman–Crippen MR) is 94.8 cm³/mol. The van der Waals surface area contributed by atoms with Gasteiger partial charge >= 0.3 is 0 Å². The Balaban J connectivity index is 1.67. The first-order valence-electron chi connectivity index (χ1n) is 7.58. The van der Waals surface area contributed by atoms with Crippen LogP contribution >= 0.6 is 0 Å². The Bertz CT molecular complexity index is 953. The van der Waals surface area contributed by atoms with Crippen LogP contribution in [0.25, 0.3) is 34.4 Å². The zero-order valence-electron chi connectivity index (χ0n) is 12.5. The molecule has 3 aromatic carbocycles. The van der Waals surface area contributed by atoms with Gasteiger partial charge in [-0.1, -0.05) is 66.7 Å². The van der Waals surface area contributed by atoms with Crippen molar-refractivity contribution in [1.29, 1.82) is 0 Å². The van der Waals surface area contributed by atoms with Crippen molar-refractivity contribution in [3.63, 3.8) is 0 Å². The summed E-state index contributed by atoms with van der Waals surface area (Å²) in [7, 11) is 0. The molecule has 0 saturated heterocycles.